The molecule has 0 saturated heterocycles. The Labute approximate surface area is 170 Å². The van der Waals surface area contributed by atoms with E-state index in [9.17, 15) is 9.90 Å². The minimum absolute atomic E-state index is 0.0471. The van der Waals surface area contributed by atoms with E-state index in [1.807, 2.05) is 39.2 Å². The second kappa shape index (κ2) is 8.92. The number of carbonyl (C=O) groups excluding carboxylic acids is 1. The highest BCUT2D eigenvalue weighted by Gasteiger charge is 2.17. The number of benzene rings is 2. The number of H-pyrrole nitrogens is 1. The molecule has 0 aliphatic heterocycles. The molecule has 0 saturated carbocycles. The molecule has 6 nitrogen and oxygen atoms in total. The summed E-state index contributed by atoms with van der Waals surface area (Å²) in [6.07, 6.45) is 0.652. The zero-order chi connectivity index (χ0) is 21.0. The number of esters is 1. The van der Waals surface area contributed by atoms with E-state index in [0.717, 1.165) is 23.3 Å². The summed E-state index contributed by atoms with van der Waals surface area (Å²) in [5.74, 6) is -0.335. The second-order valence-electron chi connectivity index (χ2n) is 7.15. The molecule has 0 amide bonds. The Morgan fingerprint density at radius 1 is 1.14 bits per heavy atom. The van der Waals surface area contributed by atoms with Gasteiger partial charge >= 0.3 is 5.97 Å². The molecule has 2 aromatic carbocycles. The zero-order valence-electron chi connectivity index (χ0n) is 17.3. The van der Waals surface area contributed by atoms with Gasteiger partial charge in [-0.1, -0.05) is 25.1 Å². The van der Waals surface area contributed by atoms with Crippen molar-refractivity contribution in [3.8, 4) is 5.88 Å². The lowest BCUT2D eigenvalue weighted by atomic mass is 10.0. The van der Waals surface area contributed by atoms with Crippen LogP contribution in [-0.4, -0.2) is 47.4 Å². The molecule has 0 radical (unpaired) electrons. The van der Waals surface area contributed by atoms with Crippen LogP contribution in [0.25, 0.3) is 10.9 Å². The Morgan fingerprint density at radius 3 is 2.48 bits per heavy atom. The van der Waals surface area contributed by atoms with Crippen LogP contribution in [0.1, 0.15) is 41.8 Å². The molecule has 1 heterocycles. The number of ether oxygens (including phenoxy) is 1. The molecule has 0 atom stereocenters. The third kappa shape index (κ3) is 4.66. The van der Waals surface area contributed by atoms with Crippen LogP contribution in [0.3, 0.4) is 0 Å². The van der Waals surface area contributed by atoms with Crippen molar-refractivity contribution in [2.45, 2.75) is 26.8 Å². The summed E-state index contributed by atoms with van der Waals surface area (Å²) in [5, 5.41) is 11.4. The van der Waals surface area contributed by atoms with E-state index in [1.165, 1.54) is 5.56 Å². The molecule has 0 fully saturated rings. The Balaban J connectivity index is 1.97. The van der Waals surface area contributed by atoms with Crippen LogP contribution in [0.2, 0.25) is 0 Å². The highest BCUT2D eigenvalue weighted by Crippen LogP contribution is 2.31. The molecule has 0 aliphatic carbocycles. The first-order chi connectivity index (χ1) is 13.9. The minimum atomic E-state index is -0.382. The molecule has 0 spiro atoms. The molecular weight excluding hydrogens is 366 g/mol. The first kappa shape index (κ1) is 20.6. The zero-order valence-corrected chi connectivity index (χ0v) is 17.3. The molecule has 29 heavy (non-hydrogen) atoms. The van der Waals surface area contributed by atoms with Gasteiger partial charge in [-0.2, -0.15) is 0 Å². The van der Waals surface area contributed by atoms with Gasteiger partial charge in [-0.15, -0.1) is 0 Å². The van der Waals surface area contributed by atoms with Crippen molar-refractivity contribution in [2.24, 2.45) is 4.99 Å². The van der Waals surface area contributed by atoms with E-state index in [1.54, 1.807) is 19.1 Å². The largest absolute Gasteiger partial charge is 0.494 e. The van der Waals surface area contributed by atoms with E-state index in [0.29, 0.717) is 29.7 Å². The number of carbonyl (C=O) groups is 1. The topological polar surface area (TPSA) is 77.9 Å². The Bertz CT molecular complexity index is 1030. The lowest BCUT2D eigenvalue weighted by molar-refractivity contribution is 0.0526. The van der Waals surface area contributed by atoms with Crippen molar-refractivity contribution in [1.29, 1.82) is 0 Å². The van der Waals surface area contributed by atoms with E-state index < -0.39 is 0 Å². The molecule has 1 aromatic heterocycles. The van der Waals surface area contributed by atoms with Crippen molar-refractivity contribution in [2.75, 3.05) is 20.7 Å². The molecule has 3 rings (SSSR count). The Hall–Kier alpha value is -3.12. The van der Waals surface area contributed by atoms with Gasteiger partial charge in [0.2, 0.25) is 0 Å². The molecule has 0 aliphatic rings. The molecular formula is C23H27N3O3. The summed E-state index contributed by atoms with van der Waals surface area (Å²) < 4.78 is 5.05. The highest BCUT2D eigenvalue weighted by molar-refractivity contribution is 6.14. The molecule has 0 bridgehead atoms. The third-order valence-corrected chi connectivity index (χ3v) is 4.61. The first-order valence-corrected chi connectivity index (χ1v) is 9.76. The van der Waals surface area contributed by atoms with Crippen molar-refractivity contribution < 1.29 is 14.6 Å². The van der Waals surface area contributed by atoms with Gasteiger partial charge in [0.15, 0.2) is 5.88 Å². The molecule has 152 valence electrons. The van der Waals surface area contributed by atoms with Gasteiger partial charge in [-0.25, -0.2) is 4.79 Å². The van der Waals surface area contributed by atoms with Gasteiger partial charge in [0.25, 0.3) is 0 Å². The van der Waals surface area contributed by atoms with Crippen LogP contribution >= 0.6 is 0 Å². The van der Waals surface area contributed by atoms with Gasteiger partial charge < -0.3 is 19.7 Å². The Morgan fingerprint density at radius 2 is 1.86 bits per heavy atom. The fourth-order valence-electron chi connectivity index (χ4n) is 3.33. The van der Waals surface area contributed by atoms with E-state index >= 15 is 0 Å². The fraction of sp³-hybridized carbons (Fsp3) is 0.304. The maximum Gasteiger partial charge on any atom is 0.338 e. The smallest absolute Gasteiger partial charge is 0.338 e. The van der Waals surface area contributed by atoms with Gasteiger partial charge in [0.1, 0.15) is 0 Å². The van der Waals surface area contributed by atoms with Gasteiger partial charge in [-0.3, -0.25) is 4.99 Å². The first-order valence-electron chi connectivity index (χ1n) is 9.76. The number of aromatic nitrogens is 1. The molecule has 3 aromatic rings. The maximum atomic E-state index is 12.0. The molecule has 2 N–H and O–H groups in total. The fourth-order valence-corrected chi connectivity index (χ4v) is 3.33. The number of fused-ring (bicyclic) bond motifs is 1. The summed E-state index contributed by atoms with van der Waals surface area (Å²) in [4.78, 5) is 21.8. The SMILES string of the molecule is CCOC(=O)c1ccc2c(C(CC)=Nc3ccc(CN(C)C)cc3)c(O)[nH]c2c1. The Kier molecular flexibility index (Phi) is 6.34. The predicted octanol–water partition coefficient (Wildman–Crippen LogP) is 4.64. The average molecular weight is 393 g/mol. The summed E-state index contributed by atoms with van der Waals surface area (Å²) in [7, 11) is 4.07. The average Bonchev–Trinajstić information content (AvgIpc) is 3.02. The van der Waals surface area contributed by atoms with Crippen molar-refractivity contribution in [3.05, 3.63) is 59.2 Å². The number of hydrogen-bond donors (Lipinski definition) is 2. The van der Waals surface area contributed by atoms with Crippen LogP contribution < -0.4 is 0 Å². The number of rotatable bonds is 7. The van der Waals surface area contributed by atoms with Gasteiger partial charge in [0, 0.05) is 17.4 Å². The van der Waals surface area contributed by atoms with Crippen molar-refractivity contribution >= 4 is 28.3 Å². The second-order valence-corrected chi connectivity index (χ2v) is 7.15. The highest BCUT2D eigenvalue weighted by atomic mass is 16.5. The van der Waals surface area contributed by atoms with Crippen LogP contribution in [0.15, 0.2) is 47.5 Å². The number of aromatic amines is 1. The quantitative estimate of drug-likeness (QED) is 0.453. The summed E-state index contributed by atoms with van der Waals surface area (Å²) in [5.41, 5.74) is 4.60. The number of nitrogens with one attached hydrogen (secondary N) is 1. The van der Waals surface area contributed by atoms with Gasteiger partial charge in [0.05, 0.1) is 29.1 Å². The summed E-state index contributed by atoms with van der Waals surface area (Å²) >= 11 is 0. The number of aromatic hydroxyl groups is 1. The lowest BCUT2D eigenvalue weighted by Crippen LogP contribution is -2.10. The lowest BCUT2D eigenvalue weighted by Gasteiger charge is -2.09. The van der Waals surface area contributed by atoms with E-state index in [2.05, 4.69) is 22.0 Å². The summed E-state index contributed by atoms with van der Waals surface area (Å²) in [6.45, 7) is 4.96. The van der Waals surface area contributed by atoms with E-state index in [4.69, 9.17) is 9.73 Å². The van der Waals surface area contributed by atoms with Crippen LogP contribution in [0, 0.1) is 0 Å². The molecule has 6 heteroatoms. The monoisotopic (exact) mass is 393 g/mol. The summed E-state index contributed by atoms with van der Waals surface area (Å²) in [6, 6.07) is 13.3. The molecule has 0 unspecified atom stereocenters. The van der Waals surface area contributed by atoms with Crippen LogP contribution in [0.5, 0.6) is 5.88 Å². The van der Waals surface area contributed by atoms with Crippen LogP contribution in [-0.2, 0) is 11.3 Å². The maximum absolute atomic E-state index is 12.0. The number of hydrogen-bond acceptors (Lipinski definition) is 5. The normalized spacial score (nSPS) is 12.0. The van der Waals surface area contributed by atoms with E-state index in [-0.39, 0.29) is 11.8 Å². The van der Waals surface area contributed by atoms with Crippen LogP contribution in [0.4, 0.5) is 5.69 Å². The standard InChI is InChI=1S/C23H27N3O3/c1-5-19(24-17-10-7-15(8-11-17)14-26(3)4)21-18-12-9-16(23(28)29-6-2)13-20(18)25-22(21)27/h7-13,25,27H,5-6,14H2,1-4H3. The number of aliphatic imine (C=N–C) groups is 1. The predicted molar refractivity (Wildman–Crippen MR) is 116 cm³/mol. The van der Waals surface area contributed by atoms with Crippen molar-refractivity contribution in [3.63, 3.8) is 0 Å². The number of nitrogens with zero attached hydrogens (tertiary/aromatic N) is 2. The third-order valence-electron chi connectivity index (χ3n) is 4.61. The minimum Gasteiger partial charge on any atom is -0.494 e. The van der Waals surface area contributed by atoms with Gasteiger partial charge in [-0.05, 0) is 57.3 Å². The van der Waals surface area contributed by atoms with Crippen molar-refractivity contribution in [1.82, 2.24) is 9.88 Å².